The van der Waals surface area contributed by atoms with Gasteiger partial charge in [-0.15, -0.1) is 10.2 Å². The molecular formula is C22H32N4O2S. The van der Waals surface area contributed by atoms with Gasteiger partial charge in [0, 0.05) is 30.3 Å². The Labute approximate surface area is 176 Å². The summed E-state index contributed by atoms with van der Waals surface area (Å²) in [7, 11) is 0. The van der Waals surface area contributed by atoms with Crippen molar-refractivity contribution < 1.29 is 9.59 Å². The summed E-state index contributed by atoms with van der Waals surface area (Å²) >= 11 is 1.60. The SMILES string of the molecule is CC(C)C(=O)N1CCC(C(=O)Nc2nnc(C34CC5CC(CC(C5)C3)C4)s2)CC1. The summed E-state index contributed by atoms with van der Waals surface area (Å²) in [6.45, 7) is 5.20. The first-order valence-electron chi connectivity index (χ1n) is 11.4. The molecule has 1 aliphatic heterocycles. The van der Waals surface area contributed by atoms with Crippen molar-refractivity contribution in [2.24, 2.45) is 29.6 Å². The van der Waals surface area contributed by atoms with Gasteiger partial charge in [-0.2, -0.15) is 0 Å². The Hall–Kier alpha value is -1.50. The first-order chi connectivity index (χ1) is 13.9. The van der Waals surface area contributed by atoms with Crippen molar-refractivity contribution in [1.29, 1.82) is 0 Å². The number of nitrogens with zero attached hydrogens (tertiary/aromatic N) is 3. The number of rotatable bonds is 4. The number of piperidine rings is 1. The monoisotopic (exact) mass is 416 g/mol. The molecule has 2 heterocycles. The van der Waals surface area contributed by atoms with Gasteiger partial charge in [-0.25, -0.2) is 0 Å². The molecule has 0 unspecified atom stereocenters. The van der Waals surface area contributed by atoms with Crippen LogP contribution in [0.25, 0.3) is 0 Å². The summed E-state index contributed by atoms with van der Waals surface area (Å²) in [6, 6.07) is 0. The van der Waals surface area contributed by atoms with E-state index in [2.05, 4.69) is 15.5 Å². The van der Waals surface area contributed by atoms with Crippen LogP contribution >= 0.6 is 11.3 Å². The molecule has 2 amide bonds. The first-order valence-corrected chi connectivity index (χ1v) is 12.2. The molecule has 1 saturated heterocycles. The van der Waals surface area contributed by atoms with E-state index in [9.17, 15) is 9.59 Å². The lowest BCUT2D eigenvalue weighted by Gasteiger charge is -2.55. The van der Waals surface area contributed by atoms with Crippen molar-refractivity contribution in [2.75, 3.05) is 18.4 Å². The van der Waals surface area contributed by atoms with Gasteiger partial charge in [0.15, 0.2) is 0 Å². The van der Waals surface area contributed by atoms with Crippen LogP contribution in [-0.4, -0.2) is 40.0 Å². The molecule has 0 atom stereocenters. The molecule has 4 saturated carbocycles. The van der Waals surface area contributed by atoms with Crippen LogP contribution in [0.5, 0.6) is 0 Å². The molecule has 4 bridgehead atoms. The fourth-order valence-corrected chi connectivity index (χ4v) is 7.76. The minimum absolute atomic E-state index is 0.0183. The second kappa shape index (κ2) is 7.33. The maximum Gasteiger partial charge on any atom is 0.229 e. The van der Waals surface area contributed by atoms with E-state index in [4.69, 9.17) is 0 Å². The van der Waals surface area contributed by atoms with E-state index in [1.807, 2.05) is 18.7 Å². The third kappa shape index (κ3) is 3.60. The zero-order valence-electron chi connectivity index (χ0n) is 17.5. The predicted octanol–water partition coefficient (Wildman–Crippen LogP) is 3.84. The molecule has 7 heteroatoms. The average Bonchev–Trinajstić information content (AvgIpc) is 3.16. The minimum Gasteiger partial charge on any atom is -0.342 e. The third-order valence-corrected chi connectivity index (χ3v) is 8.90. The Balaban J connectivity index is 1.20. The van der Waals surface area contributed by atoms with E-state index in [-0.39, 0.29) is 29.1 Å². The molecule has 6 rings (SSSR count). The van der Waals surface area contributed by atoms with Crippen LogP contribution in [0.15, 0.2) is 0 Å². The van der Waals surface area contributed by atoms with E-state index in [0.29, 0.717) is 18.2 Å². The highest BCUT2D eigenvalue weighted by Gasteiger charge is 2.53. The van der Waals surface area contributed by atoms with E-state index in [1.54, 1.807) is 11.3 Å². The van der Waals surface area contributed by atoms with Gasteiger partial charge in [0.1, 0.15) is 5.01 Å². The van der Waals surface area contributed by atoms with Crippen molar-refractivity contribution >= 4 is 28.3 Å². The van der Waals surface area contributed by atoms with Crippen molar-refractivity contribution in [3.63, 3.8) is 0 Å². The highest BCUT2D eigenvalue weighted by atomic mass is 32.1. The van der Waals surface area contributed by atoms with Gasteiger partial charge in [0.25, 0.3) is 0 Å². The van der Waals surface area contributed by atoms with Crippen LogP contribution in [0.1, 0.15) is 70.2 Å². The molecule has 0 aromatic carbocycles. The quantitative estimate of drug-likeness (QED) is 0.809. The maximum atomic E-state index is 12.8. The molecule has 1 aromatic rings. The van der Waals surface area contributed by atoms with Crippen LogP contribution in [-0.2, 0) is 15.0 Å². The number of aromatic nitrogens is 2. The number of carbonyl (C=O) groups excluding carboxylic acids is 2. The Bertz CT molecular complexity index is 761. The zero-order chi connectivity index (χ0) is 20.2. The van der Waals surface area contributed by atoms with E-state index in [1.165, 1.54) is 38.5 Å². The summed E-state index contributed by atoms with van der Waals surface area (Å²) in [5.74, 6) is 2.83. The van der Waals surface area contributed by atoms with Crippen molar-refractivity contribution in [2.45, 2.75) is 70.6 Å². The Morgan fingerprint density at radius 3 is 2.17 bits per heavy atom. The van der Waals surface area contributed by atoms with Gasteiger partial charge in [0.2, 0.25) is 16.9 Å². The number of hydrogen-bond donors (Lipinski definition) is 1. The largest absolute Gasteiger partial charge is 0.342 e. The molecular weight excluding hydrogens is 384 g/mol. The Kier molecular flexibility index (Phi) is 4.92. The Morgan fingerprint density at radius 2 is 1.62 bits per heavy atom. The standard InChI is InChI=1S/C22H32N4O2S/c1-13(2)19(28)26-5-3-17(4-6-26)18(27)23-21-25-24-20(29-21)22-10-14-7-15(11-22)9-16(8-14)12-22/h13-17H,3-12H2,1-2H3,(H,23,25,27). The lowest BCUT2D eigenvalue weighted by Crippen LogP contribution is -2.48. The molecule has 1 N–H and O–H groups in total. The molecule has 6 nitrogen and oxygen atoms in total. The molecule has 4 aliphatic carbocycles. The fraction of sp³-hybridized carbons (Fsp3) is 0.818. The summed E-state index contributed by atoms with van der Waals surface area (Å²) in [5.41, 5.74) is 0.234. The molecule has 1 aromatic heterocycles. The minimum atomic E-state index is -0.0434. The predicted molar refractivity (Wildman–Crippen MR) is 113 cm³/mol. The second-order valence-corrected chi connectivity index (χ2v) is 11.3. The van der Waals surface area contributed by atoms with Crippen LogP contribution in [0, 0.1) is 29.6 Å². The summed E-state index contributed by atoms with van der Waals surface area (Å²) < 4.78 is 0. The first kappa shape index (κ1) is 19.5. The fourth-order valence-electron chi connectivity index (χ4n) is 6.80. The van der Waals surface area contributed by atoms with E-state index >= 15 is 0 Å². The van der Waals surface area contributed by atoms with Crippen LogP contribution in [0.2, 0.25) is 0 Å². The lowest BCUT2D eigenvalue weighted by atomic mass is 9.50. The lowest BCUT2D eigenvalue weighted by molar-refractivity contribution is -0.137. The second-order valence-electron chi connectivity index (χ2n) is 10.4. The van der Waals surface area contributed by atoms with Crippen LogP contribution in [0.4, 0.5) is 5.13 Å². The highest BCUT2D eigenvalue weighted by molar-refractivity contribution is 7.15. The van der Waals surface area contributed by atoms with Crippen molar-refractivity contribution in [1.82, 2.24) is 15.1 Å². The third-order valence-electron chi connectivity index (χ3n) is 7.82. The normalized spacial score (nSPS) is 34.0. The molecule has 5 aliphatic rings. The number of anilines is 1. The van der Waals surface area contributed by atoms with Gasteiger partial charge < -0.3 is 10.2 Å². The topological polar surface area (TPSA) is 75.2 Å². The van der Waals surface area contributed by atoms with Gasteiger partial charge in [-0.1, -0.05) is 25.2 Å². The molecule has 0 spiro atoms. The summed E-state index contributed by atoms with van der Waals surface area (Å²) in [6.07, 6.45) is 9.51. The molecule has 158 valence electrons. The van der Waals surface area contributed by atoms with Crippen molar-refractivity contribution in [3.05, 3.63) is 5.01 Å². The summed E-state index contributed by atoms with van der Waals surface area (Å²) in [5, 5.41) is 13.8. The average molecular weight is 417 g/mol. The summed E-state index contributed by atoms with van der Waals surface area (Å²) in [4.78, 5) is 26.8. The van der Waals surface area contributed by atoms with E-state index in [0.717, 1.165) is 35.6 Å². The molecule has 0 radical (unpaired) electrons. The van der Waals surface area contributed by atoms with Crippen LogP contribution < -0.4 is 5.32 Å². The highest BCUT2D eigenvalue weighted by Crippen LogP contribution is 2.61. The van der Waals surface area contributed by atoms with Gasteiger partial charge in [-0.05, 0) is 69.1 Å². The number of likely N-dealkylation sites (tertiary alicyclic amines) is 1. The molecule has 29 heavy (non-hydrogen) atoms. The number of nitrogens with one attached hydrogen (secondary N) is 1. The number of amides is 2. The zero-order valence-corrected chi connectivity index (χ0v) is 18.3. The van der Waals surface area contributed by atoms with Gasteiger partial charge in [-0.3, -0.25) is 9.59 Å². The van der Waals surface area contributed by atoms with Crippen LogP contribution in [0.3, 0.4) is 0 Å². The number of hydrogen-bond acceptors (Lipinski definition) is 5. The number of carbonyl (C=O) groups is 2. The molecule has 5 fully saturated rings. The van der Waals surface area contributed by atoms with Crippen molar-refractivity contribution in [3.8, 4) is 0 Å². The maximum absolute atomic E-state index is 12.8. The van der Waals surface area contributed by atoms with Gasteiger partial charge in [0.05, 0.1) is 0 Å². The Morgan fingerprint density at radius 1 is 1.03 bits per heavy atom. The smallest absolute Gasteiger partial charge is 0.229 e. The van der Waals surface area contributed by atoms with Gasteiger partial charge >= 0.3 is 0 Å². The van der Waals surface area contributed by atoms with E-state index < -0.39 is 0 Å².